The number of nitrogens with zero attached hydrogens (tertiary/aromatic N) is 3. The number of hydrogen-bond acceptors (Lipinski definition) is 6. The summed E-state index contributed by atoms with van der Waals surface area (Å²) in [5.74, 6) is 6.02. The maximum absolute atomic E-state index is 13.1. The third-order valence-electron chi connectivity index (χ3n) is 6.17. The van der Waals surface area contributed by atoms with E-state index < -0.39 is 17.6 Å². The maximum atomic E-state index is 13.1. The third kappa shape index (κ3) is 4.27. The van der Waals surface area contributed by atoms with Gasteiger partial charge in [-0.2, -0.15) is 0 Å². The Kier molecular flexibility index (Phi) is 5.58. The first-order valence-corrected chi connectivity index (χ1v) is 12.1. The second-order valence-corrected chi connectivity index (χ2v) is 10.1. The van der Waals surface area contributed by atoms with Crippen LogP contribution in [0.5, 0.6) is 5.75 Å². The molecule has 1 aliphatic carbocycles. The van der Waals surface area contributed by atoms with Crippen molar-refractivity contribution in [2.24, 2.45) is 0 Å². The summed E-state index contributed by atoms with van der Waals surface area (Å²) in [5.41, 5.74) is 1.56. The Labute approximate surface area is 201 Å². The van der Waals surface area contributed by atoms with Gasteiger partial charge in [-0.3, -0.25) is 14.0 Å². The Balaban J connectivity index is 1.33. The molecule has 0 spiro atoms. The number of carbonyl (C=O) groups is 2. The summed E-state index contributed by atoms with van der Waals surface area (Å²) in [6.45, 7) is 3.22. The Bertz CT molecular complexity index is 1340. The van der Waals surface area contributed by atoms with Crippen LogP contribution in [-0.2, 0) is 4.79 Å². The molecule has 1 aliphatic heterocycles. The lowest BCUT2D eigenvalue weighted by Crippen LogP contribution is -2.49. The van der Waals surface area contributed by atoms with Gasteiger partial charge in [-0.1, -0.05) is 18.3 Å². The molecule has 8 nitrogen and oxygen atoms in total. The second kappa shape index (κ2) is 8.46. The molecule has 5 rings (SSSR count). The lowest BCUT2D eigenvalue weighted by atomic mass is 9.83. The van der Waals surface area contributed by atoms with Crippen molar-refractivity contribution >= 4 is 33.8 Å². The van der Waals surface area contributed by atoms with E-state index in [-0.39, 0.29) is 18.2 Å². The molecule has 0 bridgehead atoms. The minimum atomic E-state index is -1.12. The molecule has 1 saturated carbocycles. The number of nitrogens with one attached hydrogen (secondary N) is 1. The molecule has 0 radical (unpaired) electrons. The third-order valence-corrected chi connectivity index (χ3v) is 7.02. The SMILES string of the molecule is CN1C(=O)[C@@H](NC(=O)c2cn3c(C4CCC4)csc3n2)COc2ccc(C#CC(C)(C)O)cc21. The van der Waals surface area contributed by atoms with Crippen molar-refractivity contribution < 1.29 is 19.4 Å². The van der Waals surface area contributed by atoms with Crippen LogP contribution in [0.1, 0.15) is 60.8 Å². The minimum Gasteiger partial charge on any atom is -0.489 e. The van der Waals surface area contributed by atoms with Crippen LogP contribution in [0.4, 0.5) is 5.69 Å². The average Bonchev–Trinajstić information content (AvgIpc) is 3.32. The van der Waals surface area contributed by atoms with E-state index in [2.05, 4.69) is 27.5 Å². The van der Waals surface area contributed by atoms with Crippen LogP contribution >= 0.6 is 11.3 Å². The van der Waals surface area contributed by atoms with Gasteiger partial charge in [0.2, 0.25) is 0 Å². The van der Waals surface area contributed by atoms with Crippen molar-refractivity contribution in [2.75, 3.05) is 18.6 Å². The molecule has 34 heavy (non-hydrogen) atoms. The number of ether oxygens (including phenoxy) is 1. The van der Waals surface area contributed by atoms with Gasteiger partial charge in [0.25, 0.3) is 11.8 Å². The molecule has 1 fully saturated rings. The van der Waals surface area contributed by atoms with Crippen LogP contribution in [0.2, 0.25) is 0 Å². The van der Waals surface area contributed by atoms with Crippen molar-refractivity contribution in [3.63, 3.8) is 0 Å². The number of aliphatic hydroxyl groups is 1. The number of benzene rings is 1. The number of fused-ring (bicyclic) bond motifs is 2. The molecule has 2 aromatic heterocycles. The molecule has 2 N–H and O–H groups in total. The van der Waals surface area contributed by atoms with E-state index in [9.17, 15) is 14.7 Å². The zero-order valence-corrected chi connectivity index (χ0v) is 20.1. The molecule has 9 heteroatoms. The fourth-order valence-corrected chi connectivity index (χ4v) is 5.00. The van der Waals surface area contributed by atoms with Crippen molar-refractivity contribution in [1.82, 2.24) is 14.7 Å². The van der Waals surface area contributed by atoms with Crippen LogP contribution in [0, 0.1) is 11.8 Å². The van der Waals surface area contributed by atoms with E-state index in [1.165, 1.54) is 28.4 Å². The number of rotatable bonds is 3. The smallest absolute Gasteiger partial charge is 0.272 e. The second-order valence-electron chi connectivity index (χ2n) is 9.29. The fourth-order valence-electron chi connectivity index (χ4n) is 4.04. The predicted molar refractivity (Wildman–Crippen MR) is 129 cm³/mol. The zero-order valence-electron chi connectivity index (χ0n) is 19.3. The molecule has 1 aromatic carbocycles. The maximum Gasteiger partial charge on any atom is 0.272 e. The van der Waals surface area contributed by atoms with Crippen molar-refractivity contribution in [3.8, 4) is 17.6 Å². The van der Waals surface area contributed by atoms with Gasteiger partial charge >= 0.3 is 0 Å². The molecule has 2 amide bonds. The van der Waals surface area contributed by atoms with Crippen LogP contribution in [0.3, 0.4) is 0 Å². The van der Waals surface area contributed by atoms with Crippen LogP contribution in [0.25, 0.3) is 4.96 Å². The fraction of sp³-hybridized carbons (Fsp3) is 0.400. The van der Waals surface area contributed by atoms with Gasteiger partial charge in [0.15, 0.2) is 4.96 Å². The number of hydrogen-bond donors (Lipinski definition) is 2. The van der Waals surface area contributed by atoms with Gasteiger partial charge in [0.05, 0.1) is 5.69 Å². The summed E-state index contributed by atoms with van der Waals surface area (Å²) >= 11 is 1.52. The molecule has 3 heterocycles. The van der Waals surface area contributed by atoms with E-state index in [1.807, 2.05) is 4.40 Å². The van der Waals surface area contributed by atoms with Gasteiger partial charge in [-0.15, -0.1) is 11.3 Å². The summed E-state index contributed by atoms with van der Waals surface area (Å²) < 4.78 is 7.85. The van der Waals surface area contributed by atoms with E-state index in [1.54, 1.807) is 45.3 Å². The normalized spacial score (nSPS) is 18.4. The molecular formula is C25H26N4O4S. The highest BCUT2D eigenvalue weighted by atomic mass is 32.1. The highest BCUT2D eigenvalue weighted by Crippen LogP contribution is 2.38. The summed E-state index contributed by atoms with van der Waals surface area (Å²) in [6, 6.07) is 4.39. The molecule has 0 unspecified atom stereocenters. The number of aromatic nitrogens is 2. The summed E-state index contributed by atoms with van der Waals surface area (Å²) in [6.07, 6.45) is 5.31. The number of imidazole rings is 1. The number of anilines is 1. The number of carbonyl (C=O) groups excluding carboxylic acids is 2. The summed E-state index contributed by atoms with van der Waals surface area (Å²) in [4.78, 5) is 32.8. The largest absolute Gasteiger partial charge is 0.489 e. The van der Waals surface area contributed by atoms with E-state index in [0.29, 0.717) is 22.9 Å². The zero-order chi connectivity index (χ0) is 24.0. The Morgan fingerprint density at radius 3 is 2.85 bits per heavy atom. The summed E-state index contributed by atoms with van der Waals surface area (Å²) in [5, 5.41) is 14.8. The molecular weight excluding hydrogens is 452 g/mol. The minimum absolute atomic E-state index is 0.00610. The lowest BCUT2D eigenvalue weighted by molar-refractivity contribution is -0.120. The molecule has 2 aliphatic rings. The Hall–Kier alpha value is -3.35. The first-order valence-electron chi connectivity index (χ1n) is 11.3. The van der Waals surface area contributed by atoms with Gasteiger partial charge in [0.1, 0.15) is 29.7 Å². The van der Waals surface area contributed by atoms with Crippen molar-refractivity contribution in [1.29, 1.82) is 0 Å². The Morgan fingerprint density at radius 2 is 2.15 bits per heavy atom. The van der Waals surface area contributed by atoms with Crippen molar-refractivity contribution in [3.05, 3.63) is 46.7 Å². The van der Waals surface area contributed by atoms with E-state index in [4.69, 9.17) is 4.74 Å². The predicted octanol–water partition coefficient (Wildman–Crippen LogP) is 2.94. The van der Waals surface area contributed by atoms with Gasteiger partial charge in [-0.05, 0) is 44.9 Å². The Morgan fingerprint density at radius 1 is 1.35 bits per heavy atom. The number of amides is 2. The monoisotopic (exact) mass is 478 g/mol. The van der Waals surface area contributed by atoms with Crippen LogP contribution in [-0.4, -0.2) is 51.6 Å². The molecule has 0 saturated heterocycles. The topological polar surface area (TPSA) is 96.2 Å². The summed E-state index contributed by atoms with van der Waals surface area (Å²) in [7, 11) is 1.64. The van der Waals surface area contributed by atoms with Crippen LogP contribution in [0.15, 0.2) is 29.8 Å². The highest BCUT2D eigenvalue weighted by Gasteiger charge is 2.32. The molecule has 3 aromatic rings. The van der Waals surface area contributed by atoms with E-state index in [0.717, 1.165) is 17.8 Å². The van der Waals surface area contributed by atoms with Gasteiger partial charge < -0.3 is 20.1 Å². The highest BCUT2D eigenvalue weighted by molar-refractivity contribution is 7.15. The lowest BCUT2D eigenvalue weighted by Gasteiger charge is -2.24. The molecule has 1 atom stereocenters. The molecule has 176 valence electrons. The van der Waals surface area contributed by atoms with Gasteiger partial charge in [-0.25, -0.2) is 4.98 Å². The quantitative estimate of drug-likeness (QED) is 0.565. The van der Waals surface area contributed by atoms with Crippen molar-refractivity contribution in [2.45, 2.75) is 50.7 Å². The first kappa shape index (κ1) is 22.4. The standard InChI is InChI=1S/C25H26N4O4S/c1-25(2,32)10-9-15-7-8-21-19(11-15)28(3)23(31)18(13-33-21)26-22(30)17-12-29-20(16-5-4-6-16)14-34-24(29)27-17/h7-8,11-12,14,16,18,32H,4-6,13H2,1-3H3,(H,26,30)/t18-/m0/s1. The van der Waals surface area contributed by atoms with Gasteiger partial charge in [0, 0.05) is 35.8 Å². The number of likely N-dealkylation sites (N-methyl/N-ethyl adjacent to an activating group) is 1. The average molecular weight is 479 g/mol. The number of thiazole rings is 1. The van der Waals surface area contributed by atoms with E-state index >= 15 is 0 Å². The van der Waals surface area contributed by atoms with Crippen LogP contribution < -0.4 is 15.0 Å². The first-order chi connectivity index (χ1) is 16.2.